The second kappa shape index (κ2) is 21.1. The van der Waals surface area contributed by atoms with Crippen LogP contribution >= 0.6 is 12.4 Å². The third-order valence-corrected chi connectivity index (χ3v) is 2.17. The summed E-state index contributed by atoms with van der Waals surface area (Å²) in [7, 11) is 0. The van der Waals surface area contributed by atoms with Crippen LogP contribution in [0, 0.1) is 11.8 Å². The summed E-state index contributed by atoms with van der Waals surface area (Å²) in [6.07, 6.45) is -6.74. The average Bonchev–Trinajstić information content (AvgIpc) is 2.59. The molecule has 2 aromatic rings. The van der Waals surface area contributed by atoms with E-state index in [0.717, 1.165) is 24.0 Å². The number of carbonyl (C=O) groups is 2. The minimum Gasteiger partial charge on any atom is -0.450 e. The van der Waals surface area contributed by atoms with Crippen LogP contribution in [-0.4, -0.2) is 42.7 Å². The van der Waals surface area contributed by atoms with Crippen molar-refractivity contribution in [2.75, 3.05) is 11.1 Å². The topological polar surface area (TPSA) is 179 Å². The van der Waals surface area contributed by atoms with Gasteiger partial charge in [0.2, 0.25) is 0 Å². The van der Waals surface area contributed by atoms with E-state index in [9.17, 15) is 13.2 Å². The number of nitrogen functional groups attached to an aromatic ring is 1. The first-order valence-corrected chi connectivity index (χ1v) is 9.73. The molecule has 1 aromatic heterocycles. The fraction of sp³-hybridized carbons (Fsp3) is 0.429. The monoisotopic (exact) mass is 530 g/mol. The summed E-state index contributed by atoms with van der Waals surface area (Å²) in [5.41, 5.74) is 5.24. The van der Waals surface area contributed by atoms with Crippen LogP contribution in [-0.2, 0) is 6.18 Å². The minimum absolute atomic E-state index is 0. The first-order valence-electron chi connectivity index (χ1n) is 9.73. The van der Waals surface area contributed by atoms with Gasteiger partial charge < -0.3 is 31.5 Å². The second-order valence-electron chi connectivity index (χ2n) is 7.56. The van der Waals surface area contributed by atoms with E-state index in [4.69, 9.17) is 35.7 Å². The predicted octanol–water partition coefficient (Wildman–Crippen LogP) is 7.01. The Morgan fingerprint density at radius 1 is 0.857 bits per heavy atom. The molecular formula is C21H34ClF3N4O6. The third-order valence-electron chi connectivity index (χ3n) is 2.17. The van der Waals surface area contributed by atoms with Gasteiger partial charge in [0.1, 0.15) is 18.0 Å². The summed E-state index contributed by atoms with van der Waals surface area (Å²) in [6, 6.07) is 6.11. The largest absolute Gasteiger partial charge is 0.503 e. The number of nitrogens with one attached hydrogen (secondary N) is 1. The SMILES string of the molecule is CC(C)C.CC(C)C.Cl.Nc1cc(Nc2ccc(C(F)(F)F)cc2)ncn1.O=C(O)O.O=C(O)O. The summed E-state index contributed by atoms with van der Waals surface area (Å²) >= 11 is 0. The van der Waals surface area contributed by atoms with Crippen LogP contribution in [0.5, 0.6) is 0 Å². The third kappa shape index (κ3) is 35.3. The normalized spacial score (nSPS) is 9.23. The Bertz CT molecular complexity index is 792. The van der Waals surface area contributed by atoms with Crippen LogP contribution in [0.15, 0.2) is 36.7 Å². The maximum absolute atomic E-state index is 12.3. The van der Waals surface area contributed by atoms with Gasteiger partial charge in [0.25, 0.3) is 0 Å². The van der Waals surface area contributed by atoms with Crippen LogP contribution in [0.3, 0.4) is 0 Å². The van der Waals surface area contributed by atoms with Gasteiger partial charge in [-0.1, -0.05) is 41.5 Å². The highest BCUT2D eigenvalue weighted by atomic mass is 35.5. The number of alkyl halides is 3. The zero-order valence-electron chi connectivity index (χ0n) is 20.2. The van der Waals surface area contributed by atoms with Gasteiger partial charge in [-0.15, -0.1) is 12.4 Å². The van der Waals surface area contributed by atoms with Gasteiger partial charge in [-0.05, 0) is 36.1 Å². The number of rotatable bonds is 2. The predicted molar refractivity (Wildman–Crippen MR) is 131 cm³/mol. The first kappa shape index (κ1) is 38.8. The molecule has 0 aliphatic rings. The molecule has 14 heteroatoms. The number of hydrogen-bond donors (Lipinski definition) is 6. The zero-order chi connectivity index (χ0) is 27.5. The molecule has 0 unspecified atom stereocenters. The zero-order valence-corrected chi connectivity index (χ0v) is 21.1. The minimum atomic E-state index is -4.34. The molecule has 0 radical (unpaired) electrons. The van der Waals surface area contributed by atoms with Gasteiger partial charge >= 0.3 is 18.5 Å². The lowest BCUT2D eigenvalue weighted by Gasteiger charge is -2.09. The van der Waals surface area contributed by atoms with E-state index >= 15 is 0 Å². The molecular weight excluding hydrogens is 497 g/mol. The Kier molecular flexibility index (Phi) is 23.3. The number of nitrogens with two attached hydrogens (primary N) is 1. The standard InChI is InChI=1S/C11H9F3N4.2C4H10.2CH2O3.ClH/c12-11(13,14)7-1-3-8(4-2-7)18-10-5-9(15)16-6-17-10;2*1-4(2)3;2*2-1(3)4;/h1-6H,(H3,15,16,17,18);2*4H,1-3H3;2*(H2,2,3,4);1H. The van der Waals surface area contributed by atoms with E-state index in [0.29, 0.717) is 11.5 Å². The summed E-state index contributed by atoms with van der Waals surface area (Å²) in [4.78, 5) is 24.7. The number of halogens is 4. The number of benzene rings is 1. The Balaban J connectivity index is -0.000000233. The number of anilines is 3. The highest BCUT2D eigenvalue weighted by molar-refractivity contribution is 5.85. The van der Waals surface area contributed by atoms with Crippen molar-refractivity contribution in [3.8, 4) is 0 Å². The van der Waals surface area contributed by atoms with E-state index in [2.05, 4.69) is 56.8 Å². The van der Waals surface area contributed by atoms with Crippen molar-refractivity contribution in [3.63, 3.8) is 0 Å². The Morgan fingerprint density at radius 2 is 1.20 bits per heavy atom. The molecule has 0 fully saturated rings. The number of aromatic nitrogens is 2. The average molecular weight is 531 g/mol. The van der Waals surface area contributed by atoms with E-state index in [1.807, 2.05) is 0 Å². The fourth-order valence-corrected chi connectivity index (χ4v) is 1.33. The number of nitrogens with zero attached hydrogens (tertiary/aromatic N) is 2. The van der Waals surface area contributed by atoms with Gasteiger partial charge in [-0.3, -0.25) is 0 Å². The molecule has 2 rings (SSSR count). The lowest BCUT2D eigenvalue weighted by Crippen LogP contribution is -2.04. The Hall–Kier alpha value is -3.48. The van der Waals surface area contributed by atoms with Crippen molar-refractivity contribution in [3.05, 3.63) is 42.2 Å². The summed E-state index contributed by atoms with van der Waals surface area (Å²) in [5.74, 6) is 2.36. The van der Waals surface area contributed by atoms with Crippen molar-refractivity contribution in [2.24, 2.45) is 11.8 Å². The maximum Gasteiger partial charge on any atom is 0.503 e. The molecule has 1 heterocycles. The van der Waals surface area contributed by atoms with Crippen molar-refractivity contribution in [1.29, 1.82) is 0 Å². The Morgan fingerprint density at radius 3 is 1.49 bits per heavy atom. The summed E-state index contributed by atoms with van der Waals surface area (Å²) in [5, 5.41) is 30.7. The summed E-state index contributed by atoms with van der Waals surface area (Å²) in [6.45, 7) is 13.0. The molecule has 35 heavy (non-hydrogen) atoms. The van der Waals surface area contributed by atoms with E-state index in [1.165, 1.54) is 24.5 Å². The lowest BCUT2D eigenvalue weighted by atomic mass is 10.2. The molecule has 1 aromatic carbocycles. The van der Waals surface area contributed by atoms with Crippen molar-refractivity contribution >= 4 is 42.0 Å². The second-order valence-corrected chi connectivity index (χ2v) is 7.56. The van der Waals surface area contributed by atoms with Crippen LogP contribution in [0.2, 0.25) is 0 Å². The number of hydrogen-bond acceptors (Lipinski definition) is 6. The number of carboxylic acid groups (broad SMARTS) is 4. The molecule has 0 saturated heterocycles. The van der Waals surface area contributed by atoms with E-state index in [-0.39, 0.29) is 18.2 Å². The highest BCUT2D eigenvalue weighted by Gasteiger charge is 2.29. The van der Waals surface area contributed by atoms with E-state index in [1.54, 1.807) is 0 Å². The van der Waals surface area contributed by atoms with Gasteiger partial charge in [-0.2, -0.15) is 13.2 Å². The molecule has 0 amide bonds. The van der Waals surface area contributed by atoms with Gasteiger partial charge in [-0.25, -0.2) is 19.6 Å². The highest BCUT2D eigenvalue weighted by Crippen LogP contribution is 2.30. The van der Waals surface area contributed by atoms with Crippen molar-refractivity contribution in [1.82, 2.24) is 9.97 Å². The maximum atomic E-state index is 12.3. The molecule has 7 N–H and O–H groups in total. The smallest absolute Gasteiger partial charge is 0.450 e. The van der Waals surface area contributed by atoms with Gasteiger partial charge in [0.15, 0.2) is 0 Å². The van der Waals surface area contributed by atoms with Crippen LogP contribution < -0.4 is 11.1 Å². The molecule has 0 atom stereocenters. The Labute approximate surface area is 208 Å². The summed E-state index contributed by atoms with van der Waals surface area (Å²) < 4.78 is 37.0. The first-order chi connectivity index (χ1) is 15.4. The van der Waals surface area contributed by atoms with Crippen LogP contribution in [0.1, 0.15) is 47.1 Å². The molecule has 202 valence electrons. The molecule has 0 bridgehead atoms. The van der Waals surface area contributed by atoms with Crippen molar-refractivity contribution < 1.29 is 43.2 Å². The quantitative estimate of drug-likeness (QED) is 0.236. The molecule has 0 aliphatic heterocycles. The lowest BCUT2D eigenvalue weighted by molar-refractivity contribution is -0.137. The van der Waals surface area contributed by atoms with Crippen LogP contribution in [0.4, 0.5) is 40.1 Å². The van der Waals surface area contributed by atoms with Gasteiger partial charge in [0, 0.05) is 11.8 Å². The molecule has 0 saturated carbocycles. The van der Waals surface area contributed by atoms with Gasteiger partial charge in [0.05, 0.1) is 5.56 Å². The molecule has 10 nitrogen and oxygen atoms in total. The fourth-order valence-electron chi connectivity index (χ4n) is 1.33. The molecule has 0 aliphatic carbocycles. The van der Waals surface area contributed by atoms with E-state index < -0.39 is 24.1 Å². The van der Waals surface area contributed by atoms with Crippen molar-refractivity contribution in [2.45, 2.75) is 47.7 Å². The molecule has 0 spiro atoms. The van der Waals surface area contributed by atoms with Crippen LogP contribution in [0.25, 0.3) is 0 Å².